The molecule has 2 amide bonds. The second kappa shape index (κ2) is 6.37. The molecule has 1 aliphatic rings. The Hall–Kier alpha value is -3.60. The van der Waals surface area contributed by atoms with Crippen LogP contribution in [0.1, 0.15) is 20.7 Å². The number of carbonyl (C=O) groups excluding carboxylic acids is 2. The molecule has 0 radical (unpaired) electrons. The van der Waals surface area contributed by atoms with E-state index in [2.05, 4.69) is 5.32 Å². The highest BCUT2D eigenvalue weighted by atomic mass is 16.5. The van der Waals surface area contributed by atoms with E-state index in [1.165, 1.54) is 4.90 Å². The first kappa shape index (κ1) is 15.9. The Labute approximate surface area is 150 Å². The van der Waals surface area contributed by atoms with Crippen LogP contribution in [0.3, 0.4) is 0 Å². The van der Waals surface area contributed by atoms with Crippen LogP contribution in [0.2, 0.25) is 0 Å². The molecule has 26 heavy (non-hydrogen) atoms. The molecule has 1 aliphatic heterocycles. The highest BCUT2D eigenvalue weighted by Gasteiger charge is 2.36. The van der Waals surface area contributed by atoms with Crippen molar-refractivity contribution in [1.82, 2.24) is 0 Å². The third-order valence-corrected chi connectivity index (χ3v) is 4.30. The summed E-state index contributed by atoms with van der Waals surface area (Å²) in [7, 11) is 1.63. The average Bonchev–Trinajstić information content (AvgIpc) is 2.94. The predicted molar refractivity (Wildman–Crippen MR) is 100 cm³/mol. The number of anilines is 3. The van der Waals surface area contributed by atoms with Crippen LogP contribution in [-0.4, -0.2) is 18.9 Å². The highest BCUT2D eigenvalue weighted by molar-refractivity contribution is 6.34. The van der Waals surface area contributed by atoms with E-state index in [1.54, 1.807) is 43.5 Å². The van der Waals surface area contributed by atoms with Gasteiger partial charge >= 0.3 is 0 Å². The van der Waals surface area contributed by atoms with Crippen molar-refractivity contribution in [2.45, 2.75) is 0 Å². The van der Waals surface area contributed by atoms with Crippen molar-refractivity contribution in [3.8, 4) is 5.75 Å². The maximum atomic E-state index is 12.5. The molecular weight excluding hydrogens is 328 g/mol. The summed E-state index contributed by atoms with van der Waals surface area (Å²) in [5, 5.41) is 3.27. The molecule has 0 fully saturated rings. The van der Waals surface area contributed by atoms with Gasteiger partial charge in [-0.1, -0.05) is 12.1 Å². The summed E-state index contributed by atoms with van der Waals surface area (Å²) in [5.41, 5.74) is 3.21. The highest BCUT2D eigenvalue weighted by Crippen LogP contribution is 2.29. The monoisotopic (exact) mass is 344 g/mol. The lowest BCUT2D eigenvalue weighted by atomic mass is 10.1. The van der Waals surface area contributed by atoms with Crippen LogP contribution < -0.4 is 15.0 Å². The van der Waals surface area contributed by atoms with Crippen LogP contribution in [0.4, 0.5) is 17.1 Å². The van der Waals surface area contributed by atoms with Crippen molar-refractivity contribution in [3.63, 3.8) is 0 Å². The van der Waals surface area contributed by atoms with E-state index in [9.17, 15) is 9.59 Å². The minimum absolute atomic E-state index is 0.290. The smallest absolute Gasteiger partial charge is 0.266 e. The summed E-state index contributed by atoms with van der Waals surface area (Å²) in [6.07, 6.45) is 0. The van der Waals surface area contributed by atoms with Crippen LogP contribution in [0, 0.1) is 0 Å². The molecule has 0 spiro atoms. The molecule has 1 heterocycles. The Balaban J connectivity index is 1.55. The summed E-state index contributed by atoms with van der Waals surface area (Å²) < 4.78 is 5.14. The number of ether oxygens (including phenoxy) is 1. The van der Waals surface area contributed by atoms with Gasteiger partial charge in [-0.05, 0) is 60.7 Å². The van der Waals surface area contributed by atoms with Gasteiger partial charge in [-0.2, -0.15) is 0 Å². The lowest BCUT2D eigenvalue weighted by molar-refractivity contribution is 0.0926. The number of carbonyl (C=O) groups is 2. The van der Waals surface area contributed by atoms with E-state index in [0.717, 1.165) is 17.1 Å². The molecule has 3 aromatic carbocycles. The zero-order valence-corrected chi connectivity index (χ0v) is 14.1. The Kier molecular flexibility index (Phi) is 3.89. The van der Waals surface area contributed by atoms with E-state index in [4.69, 9.17) is 4.74 Å². The van der Waals surface area contributed by atoms with Crippen LogP contribution in [-0.2, 0) is 0 Å². The average molecular weight is 344 g/mol. The topological polar surface area (TPSA) is 58.6 Å². The fraction of sp³-hybridized carbons (Fsp3) is 0.0476. The van der Waals surface area contributed by atoms with Crippen molar-refractivity contribution in [1.29, 1.82) is 0 Å². The number of imide groups is 1. The van der Waals surface area contributed by atoms with Crippen LogP contribution in [0.25, 0.3) is 0 Å². The molecule has 0 aromatic heterocycles. The van der Waals surface area contributed by atoms with Crippen molar-refractivity contribution in [2.75, 3.05) is 17.3 Å². The molecular formula is C21H16N2O3. The number of amides is 2. The first-order valence-electron chi connectivity index (χ1n) is 8.16. The standard InChI is InChI=1S/C21H16N2O3/c1-26-17-12-8-15(9-13-17)22-14-6-10-16(11-7-14)23-20(24)18-4-2-3-5-19(18)21(23)25/h2-13,22H,1H3. The molecule has 0 saturated heterocycles. The van der Waals surface area contributed by atoms with E-state index < -0.39 is 0 Å². The van der Waals surface area contributed by atoms with Crippen molar-refractivity contribution in [2.24, 2.45) is 0 Å². The normalized spacial score (nSPS) is 12.9. The Morgan fingerprint density at radius 3 is 1.73 bits per heavy atom. The quantitative estimate of drug-likeness (QED) is 0.719. The zero-order chi connectivity index (χ0) is 18.1. The van der Waals surface area contributed by atoms with Gasteiger partial charge in [0, 0.05) is 11.4 Å². The summed E-state index contributed by atoms with van der Waals surface area (Å²) >= 11 is 0. The minimum atomic E-state index is -0.290. The first-order valence-corrected chi connectivity index (χ1v) is 8.16. The van der Waals surface area contributed by atoms with Gasteiger partial charge in [0.1, 0.15) is 5.75 Å². The van der Waals surface area contributed by atoms with Gasteiger partial charge in [-0.3, -0.25) is 9.59 Å². The number of methoxy groups -OCH3 is 1. The van der Waals surface area contributed by atoms with Crippen LogP contribution >= 0.6 is 0 Å². The second-order valence-corrected chi connectivity index (χ2v) is 5.89. The molecule has 0 saturated carbocycles. The number of hydrogen-bond acceptors (Lipinski definition) is 4. The number of hydrogen-bond donors (Lipinski definition) is 1. The molecule has 1 N–H and O–H groups in total. The first-order chi connectivity index (χ1) is 12.7. The molecule has 4 rings (SSSR count). The maximum absolute atomic E-state index is 12.5. The summed E-state index contributed by atoms with van der Waals surface area (Å²) in [6, 6.07) is 21.6. The zero-order valence-electron chi connectivity index (χ0n) is 14.1. The van der Waals surface area contributed by atoms with Gasteiger partial charge in [0.15, 0.2) is 0 Å². The number of nitrogens with zero attached hydrogens (tertiary/aromatic N) is 1. The summed E-state index contributed by atoms with van der Waals surface area (Å²) in [4.78, 5) is 26.3. The molecule has 0 bridgehead atoms. The number of fused-ring (bicyclic) bond motifs is 1. The van der Waals surface area contributed by atoms with Crippen molar-refractivity contribution in [3.05, 3.63) is 83.9 Å². The third kappa shape index (κ3) is 2.69. The van der Waals surface area contributed by atoms with Gasteiger partial charge in [-0.15, -0.1) is 0 Å². The Morgan fingerprint density at radius 1 is 0.731 bits per heavy atom. The van der Waals surface area contributed by atoms with Crippen molar-refractivity contribution >= 4 is 28.9 Å². The maximum Gasteiger partial charge on any atom is 0.266 e. The lowest BCUT2D eigenvalue weighted by Gasteiger charge is -2.15. The largest absolute Gasteiger partial charge is 0.497 e. The summed E-state index contributed by atoms with van der Waals surface area (Å²) in [5.74, 6) is 0.208. The SMILES string of the molecule is COc1ccc(Nc2ccc(N3C(=O)c4ccccc4C3=O)cc2)cc1. The lowest BCUT2D eigenvalue weighted by Crippen LogP contribution is -2.29. The molecule has 0 unspecified atom stereocenters. The van der Waals surface area contributed by atoms with Gasteiger partial charge in [0.25, 0.3) is 11.8 Å². The van der Waals surface area contributed by atoms with Gasteiger partial charge in [0.2, 0.25) is 0 Å². The Morgan fingerprint density at radius 2 is 1.23 bits per heavy atom. The van der Waals surface area contributed by atoms with E-state index in [1.807, 2.05) is 36.4 Å². The third-order valence-electron chi connectivity index (χ3n) is 4.30. The van der Waals surface area contributed by atoms with Gasteiger partial charge in [-0.25, -0.2) is 4.90 Å². The van der Waals surface area contributed by atoms with Gasteiger partial charge in [0.05, 0.1) is 23.9 Å². The minimum Gasteiger partial charge on any atom is -0.497 e. The second-order valence-electron chi connectivity index (χ2n) is 5.89. The molecule has 0 atom stereocenters. The Bertz CT molecular complexity index is 944. The fourth-order valence-corrected chi connectivity index (χ4v) is 2.96. The number of benzene rings is 3. The predicted octanol–water partition coefficient (Wildman–Crippen LogP) is 4.24. The van der Waals surface area contributed by atoms with Gasteiger partial charge < -0.3 is 10.1 Å². The number of rotatable bonds is 4. The number of nitrogens with one attached hydrogen (secondary N) is 1. The molecule has 5 nitrogen and oxygen atoms in total. The fourth-order valence-electron chi connectivity index (χ4n) is 2.96. The molecule has 3 aromatic rings. The van der Waals surface area contributed by atoms with E-state index >= 15 is 0 Å². The summed E-state index contributed by atoms with van der Waals surface area (Å²) in [6.45, 7) is 0. The van der Waals surface area contributed by atoms with Crippen molar-refractivity contribution < 1.29 is 14.3 Å². The van der Waals surface area contributed by atoms with Crippen LogP contribution in [0.5, 0.6) is 5.75 Å². The van der Waals surface area contributed by atoms with E-state index in [-0.39, 0.29) is 11.8 Å². The van der Waals surface area contributed by atoms with E-state index in [0.29, 0.717) is 16.8 Å². The van der Waals surface area contributed by atoms with Crippen LogP contribution in [0.15, 0.2) is 72.8 Å². The molecule has 128 valence electrons. The molecule has 0 aliphatic carbocycles. The molecule has 5 heteroatoms.